The van der Waals surface area contributed by atoms with Crippen LogP contribution in [0.2, 0.25) is 0 Å². The Labute approximate surface area is 124 Å². The van der Waals surface area contributed by atoms with Crippen LogP contribution in [0.15, 0.2) is 0 Å². The molecule has 0 heterocycles. The maximum Gasteiger partial charge on any atom is 0.0319 e. The Hall–Kier alpha value is -0.0800. The molecule has 0 aliphatic heterocycles. The topological polar surface area (TPSA) is 40.5 Å². The standard InChI is InChI=1S/C4H10.2C2H6.2CH4O.6CH4/c1-4(2)3;4*1-2;;;;;;/h4H,1-3H3;2*1-2H3;2*2H,1H3;6*1H4. The van der Waals surface area contributed by atoms with E-state index in [-0.39, 0.29) is 44.6 Å². The van der Waals surface area contributed by atoms with E-state index in [1.54, 1.807) is 0 Å². The molecule has 0 atom stereocenters. The summed E-state index contributed by atoms with van der Waals surface area (Å²) >= 11 is 0. The summed E-state index contributed by atoms with van der Waals surface area (Å²) in [6.07, 6.45) is 0. The lowest BCUT2D eigenvalue weighted by molar-refractivity contribution is 0.399. The lowest BCUT2D eigenvalue weighted by Gasteiger charge is -1.79. The van der Waals surface area contributed by atoms with E-state index in [1.165, 1.54) is 0 Å². The van der Waals surface area contributed by atoms with Crippen molar-refractivity contribution in [2.75, 3.05) is 14.2 Å². The molecule has 2 heteroatoms. The Balaban J connectivity index is -0.00000000361. The average molecular weight is 279 g/mol. The van der Waals surface area contributed by atoms with Crippen molar-refractivity contribution in [1.29, 1.82) is 0 Å². The van der Waals surface area contributed by atoms with Crippen LogP contribution in [0.1, 0.15) is 93.0 Å². The Morgan fingerprint density at radius 1 is 0.444 bits per heavy atom. The number of hydrogen-bond donors (Lipinski definition) is 2. The van der Waals surface area contributed by atoms with E-state index in [0.29, 0.717) is 0 Å². The van der Waals surface area contributed by atoms with Crippen LogP contribution in [0, 0.1) is 5.92 Å². The zero-order valence-corrected chi connectivity index (χ0v) is 10.5. The first-order chi connectivity index (χ1) is 5.73. The summed E-state index contributed by atoms with van der Waals surface area (Å²) in [5.74, 6) is 0.833. The van der Waals surface area contributed by atoms with Gasteiger partial charge in [-0.3, -0.25) is 0 Å². The molecule has 0 amide bonds. The van der Waals surface area contributed by atoms with Crippen LogP contribution in [0.5, 0.6) is 0 Å². The second-order valence-corrected chi connectivity index (χ2v) is 1.73. The Kier molecular flexibility index (Phi) is 2990. The van der Waals surface area contributed by atoms with Gasteiger partial charge in [0.05, 0.1) is 0 Å². The normalized spacial score (nSPS) is 3.33. The van der Waals surface area contributed by atoms with Crippen LogP contribution in [-0.4, -0.2) is 24.4 Å². The van der Waals surface area contributed by atoms with Gasteiger partial charge in [0, 0.05) is 14.2 Å². The van der Waals surface area contributed by atoms with Crippen molar-refractivity contribution >= 4 is 0 Å². The van der Waals surface area contributed by atoms with Gasteiger partial charge in [0.25, 0.3) is 0 Å². The maximum absolute atomic E-state index is 7.00. The third kappa shape index (κ3) is 554000. The number of aliphatic hydroxyl groups is 2. The molecule has 0 saturated heterocycles. The van der Waals surface area contributed by atoms with Gasteiger partial charge in [0.15, 0.2) is 0 Å². The summed E-state index contributed by atoms with van der Waals surface area (Å²) in [4.78, 5) is 0. The second kappa shape index (κ2) is 503. The van der Waals surface area contributed by atoms with Gasteiger partial charge in [0.1, 0.15) is 0 Å². The first-order valence-corrected chi connectivity index (χ1v) is 4.63. The van der Waals surface area contributed by atoms with E-state index < -0.39 is 0 Å². The Morgan fingerprint density at radius 3 is 0.444 bits per heavy atom. The molecule has 18 heavy (non-hydrogen) atoms. The Bertz CT molecular complexity index is 13.8. The fourth-order valence-corrected chi connectivity index (χ4v) is 0. The molecule has 0 rings (SSSR count). The molecule has 0 aromatic heterocycles. The zero-order valence-electron chi connectivity index (χ0n) is 10.5. The van der Waals surface area contributed by atoms with E-state index in [0.717, 1.165) is 20.1 Å². The maximum atomic E-state index is 7.00. The third-order valence-electron chi connectivity index (χ3n) is 0. The van der Waals surface area contributed by atoms with Gasteiger partial charge in [-0.1, -0.05) is 93.0 Å². The monoisotopic (exact) mass is 278 g/mol. The molecule has 0 aliphatic rings. The number of hydrogen-bond acceptors (Lipinski definition) is 2. The highest BCUT2D eigenvalue weighted by molar-refractivity contribution is 4.20. The predicted molar refractivity (Wildman–Crippen MR) is 99.9 cm³/mol. The second-order valence-electron chi connectivity index (χ2n) is 1.73. The largest absolute Gasteiger partial charge is 0.400 e. The molecule has 0 fully saturated rings. The van der Waals surface area contributed by atoms with Crippen molar-refractivity contribution in [3.05, 3.63) is 0 Å². The van der Waals surface area contributed by atoms with E-state index in [2.05, 4.69) is 20.8 Å². The van der Waals surface area contributed by atoms with Crippen molar-refractivity contribution in [3.8, 4) is 0 Å². The Morgan fingerprint density at radius 2 is 0.444 bits per heavy atom. The van der Waals surface area contributed by atoms with E-state index in [4.69, 9.17) is 10.2 Å². The fraction of sp³-hybridized carbons (Fsp3) is 1.00. The first-order valence-electron chi connectivity index (χ1n) is 4.63. The van der Waals surface area contributed by atoms with E-state index in [9.17, 15) is 0 Å². The molecule has 0 radical (unpaired) electrons. The minimum Gasteiger partial charge on any atom is -0.400 e. The van der Waals surface area contributed by atoms with Gasteiger partial charge in [-0.25, -0.2) is 0 Å². The molecular formula is C16H54O2. The molecule has 0 bridgehead atoms. The molecular weight excluding hydrogens is 224 g/mol. The van der Waals surface area contributed by atoms with Crippen LogP contribution in [0.3, 0.4) is 0 Å². The minimum absolute atomic E-state index is 0. The molecule has 0 aromatic carbocycles. The summed E-state index contributed by atoms with van der Waals surface area (Å²) < 4.78 is 0. The fourth-order valence-electron chi connectivity index (χ4n) is 0. The van der Waals surface area contributed by atoms with Crippen molar-refractivity contribution in [2.24, 2.45) is 5.92 Å². The van der Waals surface area contributed by atoms with Gasteiger partial charge >= 0.3 is 0 Å². The number of aliphatic hydroxyl groups excluding tert-OH is 2. The van der Waals surface area contributed by atoms with E-state index >= 15 is 0 Å². The molecule has 2 N–H and O–H groups in total. The van der Waals surface area contributed by atoms with Crippen LogP contribution in [0.25, 0.3) is 0 Å². The minimum atomic E-state index is 0. The molecule has 0 spiro atoms. The van der Waals surface area contributed by atoms with Gasteiger partial charge in [-0.15, -0.1) is 0 Å². The average Bonchev–Trinajstić information content (AvgIpc) is 2.16. The molecule has 0 unspecified atom stereocenters. The molecule has 0 aliphatic carbocycles. The zero-order chi connectivity index (χ0) is 11.6. The SMILES string of the molecule is C.C.C.C.C.C.CC.CC.CC(C)C.CO.CO. The predicted octanol–water partition coefficient (Wildman–Crippen LogP) is 6.75. The van der Waals surface area contributed by atoms with Gasteiger partial charge in [0.2, 0.25) is 0 Å². The van der Waals surface area contributed by atoms with Gasteiger partial charge < -0.3 is 10.2 Å². The molecule has 2 nitrogen and oxygen atoms in total. The quantitative estimate of drug-likeness (QED) is 0.514. The summed E-state index contributed by atoms with van der Waals surface area (Å²) in [5.41, 5.74) is 0. The highest BCUT2D eigenvalue weighted by Crippen LogP contribution is 1.81. The summed E-state index contributed by atoms with van der Waals surface area (Å²) in [6.45, 7) is 14.5. The van der Waals surface area contributed by atoms with Crippen LogP contribution in [0.4, 0.5) is 0 Å². The number of rotatable bonds is 0. The molecule has 130 valence electrons. The van der Waals surface area contributed by atoms with Gasteiger partial charge in [-0.2, -0.15) is 0 Å². The van der Waals surface area contributed by atoms with Crippen LogP contribution >= 0.6 is 0 Å². The van der Waals surface area contributed by atoms with E-state index in [1.807, 2.05) is 27.7 Å². The molecule has 0 aromatic rings. The van der Waals surface area contributed by atoms with Gasteiger partial charge in [-0.05, 0) is 5.92 Å². The lowest BCUT2D eigenvalue weighted by atomic mass is 10.3. The highest BCUT2D eigenvalue weighted by Gasteiger charge is 1.68. The summed E-state index contributed by atoms with van der Waals surface area (Å²) in [5, 5.41) is 14.0. The summed E-state index contributed by atoms with van der Waals surface area (Å²) in [7, 11) is 2.00. The summed E-state index contributed by atoms with van der Waals surface area (Å²) in [6, 6.07) is 0. The third-order valence-corrected chi connectivity index (χ3v) is 0. The highest BCUT2D eigenvalue weighted by atomic mass is 16.2. The first kappa shape index (κ1) is 107. The van der Waals surface area contributed by atoms with Crippen molar-refractivity contribution in [2.45, 2.75) is 93.0 Å². The molecule has 0 saturated carbocycles. The van der Waals surface area contributed by atoms with Crippen LogP contribution < -0.4 is 0 Å². The van der Waals surface area contributed by atoms with Crippen molar-refractivity contribution in [3.63, 3.8) is 0 Å². The van der Waals surface area contributed by atoms with Crippen molar-refractivity contribution < 1.29 is 10.2 Å². The lowest BCUT2D eigenvalue weighted by Crippen LogP contribution is -1.66. The van der Waals surface area contributed by atoms with Crippen LogP contribution in [-0.2, 0) is 0 Å². The van der Waals surface area contributed by atoms with Crippen molar-refractivity contribution in [1.82, 2.24) is 0 Å². The smallest absolute Gasteiger partial charge is 0.0319 e.